The zero-order valence-corrected chi connectivity index (χ0v) is 11.4. The number of allylic oxidation sites excluding steroid dienone is 2. The predicted molar refractivity (Wildman–Crippen MR) is 68.1 cm³/mol. The van der Waals surface area contributed by atoms with Gasteiger partial charge in [-0.1, -0.05) is 6.08 Å². The molecule has 1 amide bonds. The highest BCUT2D eigenvalue weighted by atomic mass is 19.4. The molecule has 6 nitrogen and oxygen atoms in total. The van der Waals surface area contributed by atoms with Crippen LogP contribution in [-0.2, 0) is 4.79 Å². The maximum Gasteiger partial charge on any atom is 0.428 e. The molecule has 0 aromatic rings. The molecule has 0 heterocycles. The average molecular weight is 296 g/mol. The molecule has 2 atom stereocenters. The number of likely N-dealkylation sites (N-methyl/N-ethyl adjacent to an activating group) is 2. The molecule has 0 aromatic carbocycles. The number of carbonyl (C=O) groups is 1. The van der Waals surface area contributed by atoms with Crippen molar-refractivity contribution in [2.45, 2.75) is 25.5 Å². The van der Waals surface area contributed by atoms with Crippen LogP contribution in [0.2, 0.25) is 0 Å². The second kappa shape index (κ2) is 7.88. The van der Waals surface area contributed by atoms with Gasteiger partial charge in [0.2, 0.25) is 6.23 Å². The number of nitrogens with one attached hydrogen (secondary N) is 3. The van der Waals surface area contributed by atoms with Crippen molar-refractivity contribution in [3.05, 3.63) is 23.4 Å². The maximum atomic E-state index is 12.2. The van der Waals surface area contributed by atoms with Gasteiger partial charge in [0.15, 0.2) is 0 Å². The van der Waals surface area contributed by atoms with Crippen molar-refractivity contribution in [1.82, 2.24) is 16.0 Å². The van der Waals surface area contributed by atoms with Crippen LogP contribution in [0, 0.1) is 0 Å². The minimum absolute atomic E-state index is 0.0851. The number of halogens is 3. The Morgan fingerprint density at radius 2 is 1.85 bits per heavy atom. The van der Waals surface area contributed by atoms with E-state index >= 15 is 0 Å². The molecule has 0 aliphatic rings. The van der Waals surface area contributed by atoms with Crippen LogP contribution < -0.4 is 21.7 Å². The number of carbonyl (C=O) groups excluding carboxylic acids is 1. The molecule has 0 rings (SSSR count). The van der Waals surface area contributed by atoms with Crippen LogP contribution in [0.4, 0.5) is 13.2 Å². The highest BCUT2D eigenvalue weighted by Crippen LogP contribution is 2.18. The van der Waals surface area contributed by atoms with Crippen LogP contribution in [-0.4, -0.2) is 43.7 Å². The summed E-state index contributed by atoms with van der Waals surface area (Å²) < 4.78 is 36.7. The first kappa shape index (κ1) is 18.4. The Labute approximate surface area is 114 Å². The third kappa shape index (κ3) is 6.04. The van der Waals surface area contributed by atoms with E-state index in [-0.39, 0.29) is 5.70 Å². The lowest BCUT2D eigenvalue weighted by Crippen LogP contribution is -2.52. The van der Waals surface area contributed by atoms with Crippen LogP contribution in [0.25, 0.3) is 0 Å². The first-order valence-corrected chi connectivity index (χ1v) is 5.67. The van der Waals surface area contributed by atoms with Crippen LogP contribution in [0.5, 0.6) is 0 Å². The summed E-state index contributed by atoms with van der Waals surface area (Å²) in [5.74, 6) is -0.502. The summed E-state index contributed by atoms with van der Waals surface area (Å²) >= 11 is 0. The highest BCUT2D eigenvalue weighted by Gasteiger charge is 2.39. The van der Waals surface area contributed by atoms with E-state index in [1.807, 2.05) is 5.32 Å². The minimum atomic E-state index is -4.77. The summed E-state index contributed by atoms with van der Waals surface area (Å²) in [4.78, 5) is 11.1. The topological polar surface area (TPSA) is 99.4 Å². The normalized spacial score (nSPS) is 16.8. The van der Waals surface area contributed by atoms with Gasteiger partial charge in [-0.3, -0.25) is 10.1 Å². The number of hydrogen-bond acceptors (Lipinski definition) is 5. The molecule has 6 N–H and O–H groups in total. The zero-order chi connectivity index (χ0) is 15.9. The molecule has 20 heavy (non-hydrogen) atoms. The molecule has 0 aliphatic heterocycles. The molecule has 0 aromatic heterocycles. The van der Waals surface area contributed by atoms with Crippen molar-refractivity contribution >= 4 is 5.91 Å². The summed E-state index contributed by atoms with van der Waals surface area (Å²) in [5.41, 5.74) is 5.74. The molecule has 0 aliphatic carbocycles. The summed E-state index contributed by atoms with van der Waals surface area (Å²) in [6.45, 7) is 1.52. The van der Waals surface area contributed by atoms with E-state index in [4.69, 9.17) is 10.8 Å². The van der Waals surface area contributed by atoms with Crippen molar-refractivity contribution in [2.75, 3.05) is 14.1 Å². The molecule has 0 saturated carbocycles. The molecule has 0 bridgehead atoms. The van der Waals surface area contributed by atoms with Gasteiger partial charge < -0.3 is 21.5 Å². The van der Waals surface area contributed by atoms with E-state index in [0.29, 0.717) is 5.57 Å². The number of aliphatic hydroxyl groups is 1. The molecule has 116 valence electrons. The van der Waals surface area contributed by atoms with Gasteiger partial charge in [0, 0.05) is 7.05 Å². The van der Waals surface area contributed by atoms with Crippen molar-refractivity contribution in [3.8, 4) is 0 Å². The van der Waals surface area contributed by atoms with Gasteiger partial charge in [0.25, 0.3) is 5.91 Å². The fourth-order valence-electron chi connectivity index (χ4n) is 1.23. The van der Waals surface area contributed by atoms with E-state index in [1.165, 1.54) is 33.2 Å². The monoisotopic (exact) mass is 296 g/mol. The standard InChI is InChI=1S/C11H19F3N4O2/c1-6(4-5-7(15)9(19)17-3)8(16-2)18-10(20)11(12,13)14/h4-5,8,10,16,18,20H,15H2,1-3H3,(H,17,19)/b6-4+,7-5-. The molecule has 0 radical (unpaired) electrons. The third-order valence-electron chi connectivity index (χ3n) is 2.39. The SMILES string of the molecule is CNC(=O)/C(N)=C/C=C(\C)C(NC)NC(O)C(F)(F)F. The van der Waals surface area contributed by atoms with Crippen molar-refractivity contribution in [2.24, 2.45) is 5.73 Å². The van der Waals surface area contributed by atoms with Crippen molar-refractivity contribution in [3.63, 3.8) is 0 Å². The lowest BCUT2D eigenvalue weighted by molar-refractivity contribution is -0.215. The summed E-state index contributed by atoms with van der Waals surface area (Å²) in [6, 6.07) is 0. The number of hydrogen-bond donors (Lipinski definition) is 5. The van der Waals surface area contributed by atoms with Crippen molar-refractivity contribution < 1.29 is 23.1 Å². The Morgan fingerprint density at radius 3 is 2.25 bits per heavy atom. The lowest BCUT2D eigenvalue weighted by Gasteiger charge is -2.24. The first-order chi connectivity index (χ1) is 9.13. The van der Waals surface area contributed by atoms with Gasteiger partial charge in [-0.05, 0) is 25.6 Å². The van der Waals surface area contributed by atoms with Gasteiger partial charge in [0.1, 0.15) is 0 Å². The maximum absolute atomic E-state index is 12.2. The van der Waals surface area contributed by atoms with Gasteiger partial charge in [0.05, 0.1) is 11.9 Å². The highest BCUT2D eigenvalue weighted by molar-refractivity contribution is 5.92. The second-order valence-corrected chi connectivity index (χ2v) is 3.94. The fraction of sp³-hybridized carbons (Fsp3) is 0.545. The van der Waals surface area contributed by atoms with Gasteiger partial charge >= 0.3 is 6.18 Å². The quantitative estimate of drug-likeness (QED) is 0.259. The van der Waals surface area contributed by atoms with Crippen LogP contribution in [0.1, 0.15) is 6.92 Å². The third-order valence-corrected chi connectivity index (χ3v) is 2.39. The minimum Gasteiger partial charge on any atom is -0.394 e. The van der Waals surface area contributed by atoms with Crippen LogP contribution >= 0.6 is 0 Å². The zero-order valence-electron chi connectivity index (χ0n) is 11.4. The average Bonchev–Trinajstić information content (AvgIpc) is 2.39. The lowest BCUT2D eigenvalue weighted by atomic mass is 10.2. The van der Waals surface area contributed by atoms with E-state index in [2.05, 4.69) is 10.6 Å². The largest absolute Gasteiger partial charge is 0.428 e. The number of rotatable bonds is 6. The summed E-state index contributed by atoms with van der Waals surface area (Å²) in [7, 11) is 2.82. The smallest absolute Gasteiger partial charge is 0.394 e. The fourth-order valence-corrected chi connectivity index (χ4v) is 1.23. The van der Waals surface area contributed by atoms with Gasteiger partial charge in [-0.2, -0.15) is 13.2 Å². The van der Waals surface area contributed by atoms with Gasteiger partial charge in [-0.25, -0.2) is 0 Å². The molecule has 0 spiro atoms. The number of amides is 1. The Kier molecular flexibility index (Phi) is 7.25. The first-order valence-electron chi connectivity index (χ1n) is 5.67. The molecule has 2 unspecified atom stereocenters. The van der Waals surface area contributed by atoms with Gasteiger partial charge in [-0.15, -0.1) is 0 Å². The number of alkyl halides is 3. The molecular weight excluding hydrogens is 277 g/mol. The van der Waals surface area contributed by atoms with Crippen molar-refractivity contribution in [1.29, 1.82) is 0 Å². The Morgan fingerprint density at radius 1 is 1.30 bits per heavy atom. The van der Waals surface area contributed by atoms with E-state index in [0.717, 1.165) is 0 Å². The number of nitrogens with two attached hydrogens (primary N) is 1. The Hall–Kier alpha value is -1.58. The second-order valence-electron chi connectivity index (χ2n) is 3.94. The molecular formula is C11H19F3N4O2. The van der Waals surface area contributed by atoms with Crippen LogP contribution in [0.3, 0.4) is 0 Å². The molecule has 0 fully saturated rings. The predicted octanol–water partition coefficient (Wildman–Crippen LogP) is -0.463. The number of aliphatic hydroxyl groups excluding tert-OH is 1. The van der Waals surface area contributed by atoms with Crippen LogP contribution in [0.15, 0.2) is 23.4 Å². The van der Waals surface area contributed by atoms with E-state index in [9.17, 15) is 18.0 Å². The molecule has 9 heteroatoms. The Bertz CT molecular complexity index is 394. The summed E-state index contributed by atoms with van der Waals surface area (Å²) in [5, 5.41) is 15.8. The molecule has 0 saturated heterocycles. The summed E-state index contributed by atoms with van der Waals surface area (Å²) in [6.07, 6.45) is -5.72. The Balaban J connectivity index is 4.86. The van der Waals surface area contributed by atoms with E-state index in [1.54, 1.807) is 0 Å². The van der Waals surface area contributed by atoms with E-state index < -0.39 is 24.5 Å².